The molecule has 5 nitrogen and oxygen atoms in total. The SMILES string of the molecule is C[C@@H](C(=O)O)N1C(=O)OC[C@@H]1c1ccccc1. The van der Waals surface area contributed by atoms with E-state index in [0.717, 1.165) is 5.56 Å². The molecule has 1 aliphatic heterocycles. The summed E-state index contributed by atoms with van der Waals surface area (Å²) in [4.78, 5) is 23.8. The van der Waals surface area contributed by atoms with Gasteiger partial charge in [-0.15, -0.1) is 0 Å². The lowest BCUT2D eigenvalue weighted by Crippen LogP contribution is -2.41. The highest BCUT2D eigenvalue weighted by molar-refractivity contribution is 5.81. The van der Waals surface area contributed by atoms with E-state index in [1.165, 1.54) is 11.8 Å². The molecule has 17 heavy (non-hydrogen) atoms. The fraction of sp³-hybridized carbons (Fsp3) is 0.333. The molecule has 0 bridgehead atoms. The monoisotopic (exact) mass is 235 g/mol. The lowest BCUT2D eigenvalue weighted by atomic mass is 10.1. The van der Waals surface area contributed by atoms with Gasteiger partial charge in [0.25, 0.3) is 0 Å². The van der Waals surface area contributed by atoms with Gasteiger partial charge in [-0.1, -0.05) is 30.3 Å². The van der Waals surface area contributed by atoms with Crippen LogP contribution in [0.25, 0.3) is 0 Å². The van der Waals surface area contributed by atoms with E-state index in [2.05, 4.69) is 0 Å². The number of amides is 1. The number of carbonyl (C=O) groups is 2. The van der Waals surface area contributed by atoms with Gasteiger partial charge < -0.3 is 9.84 Å². The van der Waals surface area contributed by atoms with Gasteiger partial charge in [-0.25, -0.2) is 9.59 Å². The van der Waals surface area contributed by atoms with Gasteiger partial charge in [-0.2, -0.15) is 0 Å². The first kappa shape index (κ1) is 11.4. The molecule has 1 aromatic rings. The molecule has 1 aliphatic rings. The Balaban J connectivity index is 2.28. The standard InChI is InChI=1S/C12H13NO4/c1-8(11(14)15)13-10(7-17-12(13)16)9-5-3-2-4-6-9/h2-6,8,10H,7H2,1H3,(H,14,15)/t8-,10+/m0/s1. The summed E-state index contributed by atoms with van der Waals surface area (Å²) in [7, 11) is 0. The predicted molar refractivity (Wildman–Crippen MR) is 59.5 cm³/mol. The van der Waals surface area contributed by atoms with Crippen LogP contribution in [-0.2, 0) is 9.53 Å². The Bertz CT molecular complexity index is 431. The number of hydrogen-bond donors (Lipinski definition) is 1. The van der Waals surface area contributed by atoms with E-state index in [4.69, 9.17) is 9.84 Å². The molecule has 0 spiro atoms. The zero-order valence-electron chi connectivity index (χ0n) is 9.37. The maximum absolute atomic E-state index is 11.5. The van der Waals surface area contributed by atoms with Gasteiger partial charge in [0.2, 0.25) is 0 Å². The molecule has 5 heteroatoms. The van der Waals surface area contributed by atoms with E-state index in [1.807, 2.05) is 30.3 Å². The number of rotatable bonds is 3. The normalized spacial score (nSPS) is 21.1. The van der Waals surface area contributed by atoms with E-state index in [9.17, 15) is 9.59 Å². The number of ether oxygens (including phenoxy) is 1. The largest absolute Gasteiger partial charge is 0.480 e. The third-order valence-corrected chi connectivity index (χ3v) is 2.87. The van der Waals surface area contributed by atoms with E-state index in [0.29, 0.717) is 0 Å². The van der Waals surface area contributed by atoms with E-state index in [-0.39, 0.29) is 12.6 Å². The fourth-order valence-corrected chi connectivity index (χ4v) is 1.91. The van der Waals surface area contributed by atoms with Crippen molar-refractivity contribution in [1.82, 2.24) is 4.90 Å². The first-order valence-corrected chi connectivity index (χ1v) is 5.34. The second-order valence-corrected chi connectivity index (χ2v) is 3.92. The Morgan fingerprint density at radius 3 is 2.71 bits per heavy atom. The predicted octanol–water partition coefficient (Wildman–Crippen LogP) is 1.65. The summed E-state index contributed by atoms with van der Waals surface area (Å²) >= 11 is 0. The number of carbonyl (C=O) groups excluding carboxylic acids is 1. The molecular formula is C12H13NO4. The molecule has 0 unspecified atom stereocenters. The molecule has 1 fully saturated rings. The number of benzene rings is 1. The molecule has 2 rings (SSSR count). The van der Waals surface area contributed by atoms with Crippen molar-refractivity contribution in [2.45, 2.75) is 19.0 Å². The number of cyclic esters (lactones) is 1. The Hall–Kier alpha value is -2.04. The minimum Gasteiger partial charge on any atom is -0.480 e. The number of nitrogens with zero attached hydrogens (tertiary/aromatic N) is 1. The van der Waals surface area contributed by atoms with Crippen molar-refractivity contribution in [3.8, 4) is 0 Å². The van der Waals surface area contributed by atoms with Gasteiger partial charge in [0.1, 0.15) is 12.6 Å². The van der Waals surface area contributed by atoms with E-state index < -0.39 is 18.1 Å². The second-order valence-electron chi connectivity index (χ2n) is 3.92. The van der Waals surface area contributed by atoms with Gasteiger partial charge in [0, 0.05) is 0 Å². The lowest BCUT2D eigenvalue weighted by Gasteiger charge is -2.25. The molecule has 90 valence electrons. The number of carboxylic acid groups (broad SMARTS) is 1. The number of carboxylic acids is 1. The van der Waals surface area contributed by atoms with Crippen molar-refractivity contribution in [1.29, 1.82) is 0 Å². The van der Waals surface area contributed by atoms with Crippen LogP contribution in [0.1, 0.15) is 18.5 Å². The quantitative estimate of drug-likeness (QED) is 0.865. The third-order valence-electron chi connectivity index (χ3n) is 2.87. The number of hydrogen-bond acceptors (Lipinski definition) is 3. The summed E-state index contributed by atoms with van der Waals surface area (Å²) in [6.45, 7) is 1.67. The van der Waals surface area contributed by atoms with Crippen molar-refractivity contribution in [2.75, 3.05) is 6.61 Å². The summed E-state index contributed by atoms with van der Waals surface area (Å²) in [5.74, 6) is -1.04. The van der Waals surface area contributed by atoms with Crippen LogP contribution in [0.2, 0.25) is 0 Å². The topological polar surface area (TPSA) is 66.8 Å². The Labute approximate surface area is 98.6 Å². The average molecular weight is 235 g/mol. The van der Waals surface area contributed by atoms with Gasteiger partial charge in [0.05, 0.1) is 6.04 Å². The highest BCUT2D eigenvalue weighted by atomic mass is 16.6. The average Bonchev–Trinajstić information content (AvgIpc) is 2.71. The molecule has 1 amide bonds. The Morgan fingerprint density at radius 2 is 2.12 bits per heavy atom. The minimum atomic E-state index is -1.04. The number of aliphatic carboxylic acids is 1. The summed E-state index contributed by atoms with van der Waals surface area (Å²) in [5.41, 5.74) is 0.881. The molecular weight excluding hydrogens is 222 g/mol. The zero-order chi connectivity index (χ0) is 12.4. The molecule has 1 heterocycles. The van der Waals surface area contributed by atoms with Gasteiger partial charge in [-0.05, 0) is 12.5 Å². The first-order chi connectivity index (χ1) is 8.11. The molecule has 1 saturated heterocycles. The van der Waals surface area contributed by atoms with Crippen LogP contribution in [0.15, 0.2) is 30.3 Å². The Kier molecular flexibility index (Phi) is 2.99. The smallest absolute Gasteiger partial charge is 0.411 e. The highest BCUT2D eigenvalue weighted by Gasteiger charge is 2.39. The molecule has 0 radical (unpaired) electrons. The van der Waals surface area contributed by atoms with Crippen LogP contribution in [0.5, 0.6) is 0 Å². The summed E-state index contributed by atoms with van der Waals surface area (Å²) in [6.07, 6.45) is -0.575. The molecule has 1 aromatic carbocycles. The maximum Gasteiger partial charge on any atom is 0.411 e. The minimum absolute atomic E-state index is 0.195. The van der Waals surface area contributed by atoms with Crippen molar-refractivity contribution in [3.63, 3.8) is 0 Å². The van der Waals surface area contributed by atoms with Crippen LogP contribution in [0.3, 0.4) is 0 Å². The van der Waals surface area contributed by atoms with Crippen LogP contribution in [0.4, 0.5) is 4.79 Å². The fourth-order valence-electron chi connectivity index (χ4n) is 1.91. The maximum atomic E-state index is 11.5. The molecule has 0 aromatic heterocycles. The molecule has 0 aliphatic carbocycles. The molecule has 1 N–H and O–H groups in total. The van der Waals surface area contributed by atoms with Crippen LogP contribution >= 0.6 is 0 Å². The van der Waals surface area contributed by atoms with Gasteiger partial charge in [0.15, 0.2) is 0 Å². The van der Waals surface area contributed by atoms with Gasteiger partial charge in [-0.3, -0.25) is 4.90 Å². The highest BCUT2D eigenvalue weighted by Crippen LogP contribution is 2.29. The second kappa shape index (κ2) is 4.45. The summed E-state index contributed by atoms with van der Waals surface area (Å²) in [6, 6.07) is 8.06. The van der Waals surface area contributed by atoms with Crippen LogP contribution in [0, 0.1) is 0 Å². The van der Waals surface area contributed by atoms with Crippen LogP contribution in [-0.4, -0.2) is 34.7 Å². The van der Waals surface area contributed by atoms with Crippen molar-refractivity contribution >= 4 is 12.1 Å². The van der Waals surface area contributed by atoms with Crippen molar-refractivity contribution in [3.05, 3.63) is 35.9 Å². The Morgan fingerprint density at radius 1 is 1.47 bits per heavy atom. The summed E-state index contributed by atoms with van der Waals surface area (Å²) in [5, 5.41) is 8.98. The molecule has 2 atom stereocenters. The van der Waals surface area contributed by atoms with E-state index in [1.54, 1.807) is 0 Å². The lowest BCUT2D eigenvalue weighted by molar-refractivity contribution is -0.141. The zero-order valence-corrected chi connectivity index (χ0v) is 9.37. The first-order valence-electron chi connectivity index (χ1n) is 5.34. The van der Waals surface area contributed by atoms with E-state index >= 15 is 0 Å². The van der Waals surface area contributed by atoms with Crippen molar-refractivity contribution < 1.29 is 19.4 Å². The van der Waals surface area contributed by atoms with Crippen LogP contribution < -0.4 is 0 Å². The summed E-state index contributed by atoms with van der Waals surface area (Å²) < 4.78 is 4.93. The molecule has 0 saturated carbocycles. The van der Waals surface area contributed by atoms with Crippen molar-refractivity contribution in [2.24, 2.45) is 0 Å². The van der Waals surface area contributed by atoms with Gasteiger partial charge >= 0.3 is 12.1 Å². The third kappa shape index (κ3) is 2.08.